The summed E-state index contributed by atoms with van der Waals surface area (Å²) in [5.74, 6) is 0.375. The highest BCUT2D eigenvalue weighted by Crippen LogP contribution is 1.97. The predicted octanol–water partition coefficient (Wildman–Crippen LogP) is -0.735. The van der Waals surface area contributed by atoms with Gasteiger partial charge in [-0.25, -0.2) is 9.97 Å². The number of nitrogens with one attached hydrogen (secondary N) is 1. The van der Waals surface area contributed by atoms with E-state index in [1.54, 1.807) is 25.4 Å². The van der Waals surface area contributed by atoms with E-state index in [9.17, 15) is 4.79 Å². The van der Waals surface area contributed by atoms with Crippen molar-refractivity contribution in [1.29, 1.82) is 0 Å². The molecule has 0 aliphatic carbocycles. The first-order valence-electron chi connectivity index (χ1n) is 5.86. The summed E-state index contributed by atoms with van der Waals surface area (Å²) in [6.07, 6.45) is 3.22. The fraction of sp³-hybridized carbons (Fsp3) is 0.364. The van der Waals surface area contributed by atoms with E-state index in [0.29, 0.717) is 25.5 Å². The van der Waals surface area contributed by atoms with Crippen LogP contribution in [0.4, 0.5) is 0 Å². The zero-order valence-corrected chi connectivity index (χ0v) is 10.6. The van der Waals surface area contributed by atoms with Gasteiger partial charge in [-0.15, -0.1) is 5.10 Å². The minimum Gasteiger partial charge on any atom is -0.345 e. The van der Waals surface area contributed by atoms with E-state index in [-0.39, 0.29) is 11.6 Å². The molecule has 2 aromatic heterocycles. The van der Waals surface area contributed by atoms with Crippen LogP contribution in [0.5, 0.6) is 0 Å². The van der Waals surface area contributed by atoms with Crippen molar-refractivity contribution >= 4 is 5.91 Å². The van der Waals surface area contributed by atoms with Crippen LogP contribution in [0.2, 0.25) is 0 Å². The van der Waals surface area contributed by atoms with Crippen molar-refractivity contribution in [3.63, 3.8) is 0 Å². The van der Waals surface area contributed by atoms with Crippen LogP contribution in [0.15, 0.2) is 18.5 Å². The second kappa shape index (κ2) is 6.01. The van der Waals surface area contributed by atoms with E-state index in [4.69, 9.17) is 5.73 Å². The molecule has 0 saturated carbocycles. The van der Waals surface area contributed by atoms with Gasteiger partial charge in [-0.3, -0.25) is 9.48 Å². The molecule has 1 amide bonds. The molecule has 0 bridgehead atoms. The second-order valence-corrected chi connectivity index (χ2v) is 3.93. The zero-order chi connectivity index (χ0) is 13.7. The summed E-state index contributed by atoms with van der Waals surface area (Å²) in [5, 5.41) is 10.3. The lowest BCUT2D eigenvalue weighted by molar-refractivity contribution is 0.0945. The maximum atomic E-state index is 11.8. The van der Waals surface area contributed by atoms with Gasteiger partial charge >= 0.3 is 0 Å². The maximum absolute atomic E-state index is 11.8. The van der Waals surface area contributed by atoms with Gasteiger partial charge in [0.15, 0.2) is 5.69 Å². The molecule has 8 heteroatoms. The molecule has 2 heterocycles. The number of nitrogens with two attached hydrogens (primary N) is 1. The average Bonchev–Trinajstić information content (AvgIpc) is 2.85. The van der Waals surface area contributed by atoms with E-state index < -0.39 is 0 Å². The van der Waals surface area contributed by atoms with E-state index in [0.717, 1.165) is 5.69 Å². The number of nitrogens with zero attached hydrogens (tertiary/aromatic N) is 5. The van der Waals surface area contributed by atoms with Gasteiger partial charge in [0.25, 0.3) is 5.91 Å². The molecule has 19 heavy (non-hydrogen) atoms. The number of carbonyl (C=O) groups excluding carboxylic acids is 1. The normalized spacial score (nSPS) is 10.4. The minimum atomic E-state index is -0.292. The van der Waals surface area contributed by atoms with Gasteiger partial charge < -0.3 is 11.1 Å². The van der Waals surface area contributed by atoms with Crippen LogP contribution in [-0.2, 0) is 13.1 Å². The standard InChI is InChI=1S/C11H15N7O/c1-8-13-4-2-9(15-8)6-14-11(19)10-7-18(5-3-12)17-16-10/h2,4,7H,3,5-6,12H2,1H3,(H,14,19). The van der Waals surface area contributed by atoms with Crippen LogP contribution < -0.4 is 11.1 Å². The fourth-order valence-corrected chi connectivity index (χ4v) is 1.51. The summed E-state index contributed by atoms with van der Waals surface area (Å²) < 4.78 is 1.53. The van der Waals surface area contributed by atoms with E-state index in [2.05, 4.69) is 25.6 Å². The summed E-state index contributed by atoms with van der Waals surface area (Å²) in [5.41, 5.74) is 6.40. The molecule has 0 atom stereocenters. The van der Waals surface area contributed by atoms with E-state index in [1.807, 2.05) is 0 Å². The molecular weight excluding hydrogens is 246 g/mol. The molecule has 0 aliphatic rings. The number of aromatic nitrogens is 5. The van der Waals surface area contributed by atoms with Crippen molar-refractivity contribution in [2.24, 2.45) is 5.73 Å². The first kappa shape index (κ1) is 13.1. The van der Waals surface area contributed by atoms with Gasteiger partial charge in [0.2, 0.25) is 0 Å². The van der Waals surface area contributed by atoms with Gasteiger partial charge in [-0.1, -0.05) is 5.21 Å². The van der Waals surface area contributed by atoms with Crippen LogP contribution in [0.3, 0.4) is 0 Å². The lowest BCUT2D eigenvalue weighted by atomic mass is 10.3. The number of aryl methyl sites for hydroxylation is 1. The molecule has 0 spiro atoms. The molecule has 2 rings (SSSR count). The summed E-state index contributed by atoms with van der Waals surface area (Å²) in [6, 6.07) is 1.75. The quantitative estimate of drug-likeness (QED) is 0.733. The first-order valence-corrected chi connectivity index (χ1v) is 5.86. The summed E-state index contributed by atoms with van der Waals surface area (Å²) in [6.45, 7) is 3.10. The summed E-state index contributed by atoms with van der Waals surface area (Å²) in [4.78, 5) is 20.0. The zero-order valence-electron chi connectivity index (χ0n) is 10.6. The van der Waals surface area contributed by atoms with E-state index >= 15 is 0 Å². The molecule has 0 saturated heterocycles. The smallest absolute Gasteiger partial charge is 0.273 e. The Balaban J connectivity index is 1.93. The highest BCUT2D eigenvalue weighted by Gasteiger charge is 2.10. The lowest BCUT2D eigenvalue weighted by Crippen LogP contribution is -2.23. The summed E-state index contributed by atoms with van der Waals surface area (Å²) in [7, 11) is 0. The number of amides is 1. The maximum Gasteiger partial charge on any atom is 0.273 e. The number of hydrogen-bond acceptors (Lipinski definition) is 6. The SMILES string of the molecule is Cc1nccc(CNC(=O)c2cn(CCN)nn2)n1. The Kier molecular flexibility index (Phi) is 4.14. The van der Waals surface area contributed by atoms with Gasteiger partial charge in [0.1, 0.15) is 5.82 Å². The van der Waals surface area contributed by atoms with Gasteiger partial charge in [-0.05, 0) is 13.0 Å². The molecule has 2 aromatic rings. The fourth-order valence-electron chi connectivity index (χ4n) is 1.51. The third kappa shape index (κ3) is 3.55. The largest absolute Gasteiger partial charge is 0.345 e. The second-order valence-electron chi connectivity index (χ2n) is 3.93. The Morgan fingerprint density at radius 2 is 2.37 bits per heavy atom. The third-order valence-corrected chi connectivity index (χ3v) is 2.39. The number of carbonyl (C=O) groups is 1. The molecule has 0 unspecified atom stereocenters. The molecule has 100 valence electrons. The predicted molar refractivity (Wildman–Crippen MR) is 67.0 cm³/mol. The molecule has 0 radical (unpaired) electrons. The summed E-state index contributed by atoms with van der Waals surface area (Å²) >= 11 is 0. The minimum absolute atomic E-state index is 0.263. The average molecular weight is 261 g/mol. The molecule has 0 aliphatic heterocycles. The molecule has 0 aromatic carbocycles. The monoisotopic (exact) mass is 261 g/mol. The van der Waals surface area contributed by atoms with Crippen molar-refractivity contribution in [3.05, 3.63) is 35.7 Å². The van der Waals surface area contributed by atoms with Crippen LogP contribution in [0, 0.1) is 6.92 Å². The van der Waals surface area contributed by atoms with Gasteiger partial charge in [0.05, 0.1) is 25.0 Å². The molecule has 3 N–H and O–H groups in total. The Bertz CT molecular complexity index is 566. The van der Waals surface area contributed by atoms with Crippen molar-refractivity contribution in [1.82, 2.24) is 30.3 Å². The van der Waals surface area contributed by atoms with Crippen molar-refractivity contribution in [2.75, 3.05) is 6.54 Å². The van der Waals surface area contributed by atoms with Crippen LogP contribution in [0.1, 0.15) is 22.0 Å². The van der Waals surface area contributed by atoms with Gasteiger partial charge in [-0.2, -0.15) is 0 Å². The van der Waals surface area contributed by atoms with Crippen molar-refractivity contribution < 1.29 is 4.79 Å². The Morgan fingerprint density at radius 3 is 3.11 bits per heavy atom. The Hall–Kier alpha value is -2.35. The molecule has 0 fully saturated rings. The van der Waals surface area contributed by atoms with Crippen molar-refractivity contribution in [2.45, 2.75) is 20.0 Å². The third-order valence-electron chi connectivity index (χ3n) is 2.39. The van der Waals surface area contributed by atoms with E-state index in [1.165, 1.54) is 4.68 Å². The van der Waals surface area contributed by atoms with Crippen molar-refractivity contribution in [3.8, 4) is 0 Å². The number of hydrogen-bond donors (Lipinski definition) is 2. The Labute approximate surface area is 110 Å². The number of rotatable bonds is 5. The topological polar surface area (TPSA) is 112 Å². The van der Waals surface area contributed by atoms with Crippen LogP contribution >= 0.6 is 0 Å². The van der Waals surface area contributed by atoms with Crippen LogP contribution in [-0.4, -0.2) is 37.4 Å². The first-order chi connectivity index (χ1) is 9.19. The Morgan fingerprint density at radius 1 is 1.53 bits per heavy atom. The highest BCUT2D eigenvalue weighted by molar-refractivity contribution is 5.91. The van der Waals surface area contributed by atoms with Crippen LogP contribution in [0.25, 0.3) is 0 Å². The molecule has 8 nitrogen and oxygen atoms in total. The lowest BCUT2D eigenvalue weighted by Gasteiger charge is -2.02. The highest BCUT2D eigenvalue weighted by atomic mass is 16.2. The molecular formula is C11H15N7O. The van der Waals surface area contributed by atoms with Gasteiger partial charge in [0, 0.05) is 12.7 Å².